The highest BCUT2D eigenvalue weighted by Crippen LogP contribution is 2.23. The van der Waals surface area contributed by atoms with Crippen LogP contribution in [0.25, 0.3) is 0 Å². The zero-order valence-electron chi connectivity index (χ0n) is 12.7. The van der Waals surface area contributed by atoms with Crippen molar-refractivity contribution in [2.45, 2.75) is 44.9 Å². The van der Waals surface area contributed by atoms with Gasteiger partial charge < -0.3 is 15.5 Å². The van der Waals surface area contributed by atoms with Gasteiger partial charge in [-0.2, -0.15) is 0 Å². The highest BCUT2D eigenvalue weighted by molar-refractivity contribution is 5.97. The highest BCUT2D eigenvalue weighted by atomic mass is 19.1. The van der Waals surface area contributed by atoms with Crippen LogP contribution in [0.2, 0.25) is 0 Å². The molecule has 2 saturated heterocycles. The molecule has 3 rings (SSSR count). The molecule has 0 unspecified atom stereocenters. The van der Waals surface area contributed by atoms with Crippen molar-refractivity contribution >= 4 is 11.8 Å². The Morgan fingerprint density at radius 2 is 2.18 bits per heavy atom. The Balaban J connectivity index is 1.65. The number of carbonyl (C=O) groups is 2. The predicted molar refractivity (Wildman–Crippen MR) is 79.5 cm³/mol. The minimum absolute atomic E-state index is 0.00455. The molecule has 0 bridgehead atoms. The Morgan fingerprint density at radius 1 is 1.41 bits per heavy atom. The van der Waals surface area contributed by atoms with Gasteiger partial charge in [0.05, 0.1) is 0 Å². The summed E-state index contributed by atoms with van der Waals surface area (Å²) in [7, 11) is 0. The van der Waals surface area contributed by atoms with Gasteiger partial charge >= 0.3 is 0 Å². The van der Waals surface area contributed by atoms with E-state index in [0.717, 1.165) is 5.56 Å². The number of piperazine rings is 1. The van der Waals surface area contributed by atoms with E-state index in [1.165, 1.54) is 6.07 Å². The molecule has 0 spiro atoms. The molecule has 6 heteroatoms. The van der Waals surface area contributed by atoms with E-state index in [-0.39, 0.29) is 23.7 Å². The number of nitrogens with one attached hydrogen (secondary N) is 2. The van der Waals surface area contributed by atoms with Crippen molar-refractivity contribution in [3.05, 3.63) is 35.1 Å². The van der Waals surface area contributed by atoms with E-state index in [2.05, 4.69) is 10.6 Å². The fraction of sp³-hybridized carbons (Fsp3) is 0.500. The van der Waals surface area contributed by atoms with Crippen LogP contribution >= 0.6 is 0 Å². The zero-order chi connectivity index (χ0) is 15.9. The number of aryl methyl sites for hydroxylation is 1. The minimum Gasteiger partial charge on any atom is -0.343 e. The standard InChI is InChI=1S/C16H20FN3O2/c1-9-3-4-13(17)11(5-9)7-18-12-6-14-15(21)19-10(2)16(22)20(14)8-12/h3-5,10,12,14,18H,6-8H2,1-2H3,(H,19,21)/t10-,12-,14-/m0/s1. The first-order chi connectivity index (χ1) is 10.5. The second-order valence-corrected chi connectivity index (χ2v) is 6.15. The maximum absolute atomic E-state index is 13.7. The first kappa shape index (κ1) is 15.0. The van der Waals surface area contributed by atoms with Crippen molar-refractivity contribution in [2.75, 3.05) is 6.54 Å². The molecule has 1 aromatic rings. The molecule has 0 saturated carbocycles. The lowest BCUT2D eigenvalue weighted by Crippen LogP contribution is -2.60. The summed E-state index contributed by atoms with van der Waals surface area (Å²) >= 11 is 0. The normalized spacial score (nSPS) is 27.8. The molecule has 2 aliphatic heterocycles. The average molecular weight is 305 g/mol. The third kappa shape index (κ3) is 2.70. The van der Waals surface area contributed by atoms with E-state index in [4.69, 9.17) is 0 Å². The number of hydrogen-bond donors (Lipinski definition) is 2. The van der Waals surface area contributed by atoms with Gasteiger partial charge in [0.15, 0.2) is 0 Å². The predicted octanol–water partition coefficient (Wildman–Crippen LogP) is 0.712. The largest absolute Gasteiger partial charge is 0.343 e. The number of carbonyl (C=O) groups excluding carboxylic acids is 2. The van der Waals surface area contributed by atoms with Crippen LogP contribution < -0.4 is 10.6 Å². The van der Waals surface area contributed by atoms with Gasteiger partial charge in [0.25, 0.3) is 0 Å². The summed E-state index contributed by atoms with van der Waals surface area (Å²) < 4.78 is 13.7. The van der Waals surface area contributed by atoms with Gasteiger partial charge in [-0.15, -0.1) is 0 Å². The number of benzene rings is 1. The molecule has 0 aromatic heterocycles. The van der Waals surface area contributed by atoms with Gasteiger partial charge in [0, 0.05) is 24.7 Å². The molecule has 22 heavy (non-hydrogen) atoms. The summed E-state index contributed by atoms with van der Waals surface area (Å²) in [5, 5.41) is 5.96. The Hall–Kier alpha value is -1.95. The van der Waals surface area contributed by atoms with Crippen molar-refractivity contribution in [2.24, 2.45) is 0 Å². The zero-order valence-corrected chi connectivity index (χ0v) is 12.7. The minimum atomic E-state index is -0.461. The monoisotopic (exact) mass is 305 g/mol. The third-order valence-electron chi connectivity index (χ3n) is 4.40. The topological polar surface area (TPSA) is 61.4 Å². The number of halogens is 1. The van der Waals surface area contributed by atoms with Gasteiger partial charge in [0.2, 0.25) is 11.8 Å². The second kappa shape index (κ2) is 5.68. The van der Waals surface area contributed by atoms with Gasteiger partial charge in [-0.25, -0.2) is 4.39 Å². The Morgan fingerprint density at radius 3 is 2.95 bits per heavy atom. The van der Waals surface area contributed by atoms with Crippen LogP contribution in [0.5, 0.6) is 0 Å². The molecule has 2 amide bonds. The first-order valence-corrected chi connectivity index (χ1v) is 7.55. The van der Waals surface area contributed by atoms with E-state index < -0.39 is 12.1 Å². The van der Waals surface area contributed by atoms with Crippen LogP contribution in [0.1, 0.15) is 24.5 Å². The van der Waals surface area contributed by atoms with Crippen molar-refractivity contribution in [1.82, 2.24) is 15.5 Å². The average Bonchev–Trinajstić information content (AvgIpc) is 2.91. The number of fused-ring (bicyclic) bond motifs is 1. The van der Waals surface area contributed by atoms with Crippen molar-refractivity contribution < 1.29 is 14.0 Å². The van der Waals surface area contributed by atoms with Crippen LogP contribution in [0.4, 0.5) is 4.39 Å². The van der Waals surface area contributed by atoms with Crippen molar-refractivity contribution in [1.29, 1.82) is 0 Å². The molecule has 2 fully saturated rings. The summed E-state index contributed by atoms with van der Waals surface area (Å²) in [5.74, 6) is -0.384. The molecule has 5 nitrogen and oxygen atoms in total. The summed E-state index contributed by atoms with van der Waals surface area (Å²) in [6.45, 7) is 4.50. The van der Waals surface area contributed by atoms with E-state index in [1.807, 2.05) is 13.0 Å². The number of rotatable bonds is 3. The summed E-state index contributed by atoms with van der Waals surface area (Å²) in [5.41, 5.74) is 1.61. The molecule has 2 N–H and O–H groups in total. The molecular formula is C16H20FN3O2. The molecule has 0 aliphatic carbocycles. The Labute approximate surface area is 128 Å². The van der Waals surface area contributed by atoms with E-state index in [0.29, 0.717) is 25.1 Å². The van der Waals surface area contributed by atoms with Crippen LogP contribution in [0, 0.1) is 12.7 Å². The Kier molecular flexibility index (Phi) is 3.87. The lowest BCUT2D eigenvalue weighted by Gasteiger charge is -2.32. The Bertz CT molecular complexity index is 619. The molecule has 2 aliphatic rings. The summed E-state index contributed by atoms with van der Waals surface area (Å²) in [6.07, 6.45) is 0.567. The number of hydrogen-bond acceptors (Lipinski definition) is 3. The van der Waals surface area contributed by atoms with Crippen LogP contribution in [-0.4, -0.2) is 41.4 Å². The first-order valence-electron chi connectivity index (χ1n) is 7.55. The maximum Gasteiger partial charge on any atom is 0.245 e. The van der Waals surface area contributed by atoms with Gasteiger partial charge in [-0.1, -0.05) is 17.7 Å². The summed E-state index contributed by atoms with van der Waals surface area (Å²) in [4.78, 5) is 25.7. The lowest BCUT2D eigenvalue weighted by molar-refractivity contribution is -0.146. The summed E-state index contributed by atoms with van der Waals surface area (Å²) in [6, 6.07) is 4.15. The van der Waals surface area contributed by atoms with Crippen LogP contribution in [0.15, 0.2) is 18.2 Å². The van der Waals surface area contributed by atoms with E-state index in [1.54, 1.807) is 17.9 Å². The fourth-order valence-corrected chi connectivity index (χ4v) is 3.19. The lowest BCUT2D eigenvalue weighted by atomic mass is 10.1. The van der Waals surface area contributed by atoms with Crippen LogP contribution in [0.3, 0.4) is 0 Å². The van der Waals surface area contributed by atoms with Gasteiger partial charge in [-0.05, 0) is 26.3 Å². The van der Waals surface area contributed by atoms with Gasteiger partial charge in [0.1, 0.15) is 17.9 Å². The molecule has 3 atom stereocenters. The molecule has 0 radical (unpaired) electrons. The molecule has 2 heterocycles. The van der Waals surface area contributed by atoms with Crippen molar-refractivity contribution in [3.8, 4) is 0 Å². The smallest absolute Gasteiger partial charge is 0.245 e. The van der Waals surface area contributed by atoms with Crippen molar-refractivity contribution in [3.63, 3.8) is 0 Å². The maximum atomic E-state index is 13.7. The van der Waals surface area contributed by atoms with Gasteiger partial charge in [-0.3, -0.25) is 9.59 Å². The van der Waals surface area contributed by atoms with Crippen LogP contribution in [-0.2, 0) is 16.1 Å². The number of nitrogens with zero attached hydrogens (tertiary/aromatic N) is 1. The third-order valence-corrected chi connectivity index (χ3v) is 4.40. The van der Waals surface area contributed by atoms with E-state index >= 15 is 0 Å². The highest BCUT2D eigenvalue weighted by Gasteiger charge is 2.44. The molecule has 118 valence electrons. The quantitative estimate of drug-likeness (QED) is 0.865. The SMILES string of the molecule is Cc1ccc(F)c(CN[C@H]2C[C@H]3C(=O)N[C@@H](C)C(=O)N3C2)c1. The molecule has 1 aromatic carbocycles. The van der Waals surface area contributed by atoms with E-state index in [9.17, 15) is 14.0 Å². The molecular weight excluding hydrogens is 285 g/mol. The number of amides is 2. The second-order valence-electron chi connectivity index (χ2n) is 6.15. The fourth-order valence-electron chi connectivity index (χ4n) is 3.19.